The number of fused-ring (bicyclic) bond motifs is 2. The summed E-state index contributed by atoms with van der Waals surface area (Å²) in [6.07, 6.45) is 6.11. The third-order valence-electron chi connectivity index (χ3n) is 7.06. The van der Waals surface area contributed by atoms with Crippen LogP contribution in [0.25, 0.3) is 0 Å². The molecule has 1 saturated heterocycles. The molecule has 7 heteroatoms. The van der Waals surface area contributed by atoms with E-state index >= 15 is 0 Å². The molecule has 1 amide bonds. The number of aryl methyl sites for hydroxylation is 2. The fourth-order valence-corrected chi connectivity index (χ4v) is 6.68. The van der Waals surface area contributed by atoms with Crippen LogP contribution in [-0.2, 0) is 27.7 Å². The largest absolute Gasteiger partial charge is 0.493 e. The van der Waals surface area contributed by atoms with Gasteiger partial charge in [0.15, 0.2) is 0 Å². The van der Waals surface area contributed by atoms with Crippen molar-refractivity contribution >= 4 is 15.9 Å². The van der Waals surface area contributed by atoms with Gasteiger partial charge in [0.25, 0.3) is 0 Å². The summed E-state index contributed by atoms with van der Waals surface area (Å²) < 4.78 is 33.7. The van der Waals surface area contributed by atoms with E-state index in [1.165, 1.54) is 17.5 Å². The third kappa shape index (κ3) is 4.16. The van der Waals surface area contributed by atoms with Crippen LogP contribution in [0.3, 0.4) is 0 Å². The van der Waals surface area contributed by atoms with Crippen molar-refractivity contribution in [2.45, 2.75) is 55.9 Å². The summed E-state index contributed by atoms with van der Waals surface area (Å²) in [6, 6.07) is 13.4. The first-order chi connectivity index (χ1) is 15.5. The van der Waals surface area contributed by atoms with Crippen molar-refractivity contribution in [3.05, 3.63) is 59.2 Å². The molecular weight excluding hydrogens is 424 g/mol. The fraction of sp³-hybridized carbons (Fsp3) is 0.480. The monoisotopic (exact) mass is 454 g/mol. The zero-order valence-electron chi connectivity index (χ0n) is 18.3. The Balaban J connectivity index is 1.22. The molecule has 0 saturated carbocycles. The molecule has 170 valence electrons. The average molecular weight is 455 g/mol. The van der Waals surface area contributed by atoms with Crippen LogP contribution in [-0.4, -0.2) is 38.3 Å². The molecule has 2 aliphatic heterocycles. The zero-order valence-corrected chi connectivity index (χ0v) is 19.1. The number of hydrogen-bond donors (Lipinski definition) is 1. The normalized spacial score (nSPS) is 21.8. The molecule has 0 bridgehead atoms. The SMILES string of the molecule is O=C(NC1CCOc2ccccc21)C1CCN(S(=O)(=O)c2ccc3c(c2)CCCC3)CC1. The molecule has 0 spiro atoms. The van der Waals surface area contributed by atoms with Gasteiger partial charge in [-0.15, -0.1) is 0 Å². The van der Waals surface area contributed by atoms with Crippen molar-refractivity contribution in [2.24, 2.45) is 5.92 Å². The van der Waals surface area contributed by atoms with Gasteiger partial charge in [0.2, 0.25) is 15.9 Å². The highest BCUT2D eigenvalue weighted by Crippen LogP contribution is 2.33. The van der Waals surface area contributed by atoms with Crippen molar-refractivity contribution in [3.63, 3.8) is 0 Å². The lowest BCUT2D eigenvalue weighted by molar-refractivity contribution is -0.127. The van der Waals surface area contributed by atoms with E-state index in [1.807, 2.05) is 36.4 Å². The number of amides is 1. The molecule has 1 fully saturated rings. The highest BCUT2D eigenvalue weighted by molar-refractivity contribution is 7.89. The second-order valence-electron chi connectivity index (χ2n) is 9.05. The highest BCUT2D eigenvalue weighted by Gasteiger charge is 2.34. The van der Waals surface area contributed by atoms with Crippen LogP contribution in [0.2, 0.25) is 0 Å². The van der Waals surface area contributed by atoms with Gasteiger partial charge in [-0.25, -0.2) is 8.42 Å². The quantitative estimate of drug-likeness (QED) is 0.766. The molecule has 0 radical (unpaired) electrons. The summed E-state index contributed by atoms with van der Waals surface area (Å²) in [5.41, 5.74) is 3.46. The minimum absolute atomic E-state index is 0.0116. The number of benzene rings is 2. The number of carbonyl (C=O) groups is 1. The van der Waals surface area contributed by atoms with Gasteiger partial charge in [-0.2, -0.15) is 4.31 Å². The van der Waals surface area contributed by atoms with E-state index in [1.54, 1.807) is 10.4 Å². The molecule has 3 aliphatic rings. The van der Waals surface area contributed by atoms with Crippen molar-refractivity contribution in [1.82, 2.24) is 9.62 Å². The molecule has 1 unspecified atom stereocenters. The summed E-state index contributed by atoms with van der Waals surface area (Å²) >= 11 is 0. The number of nitrogens with zero attached hydrogens (tertiary/aromatic N) is 1. The molecule has 2 heterocycles. The van der Waals surface area contributed by atoms with Crippen LogP contribution in [0.15, 0.2) is 47.4 Å². The number of rotatable bonds is 4. The van der Waals surface area contributed by atoms with Crippen molar-refractivity contribution in [3.8, 4) is 5.75 Å². The summed E-state index contributed by atoms with van der Waals surface area (Å²) in [4.78, 5) is 13.3. The summed E-state index contributed by atoms with van der Waals surface area (Å²) in [6.45, 7) is 1.34. The third-order valence-corrected chi connectivity index (χ3v) is 8.95. The van der Waals surface area contributed by atoms with Gasteiger partial charge in [0.1, 0.15) is 5.75 Å². The van der Waals surface area contributed by atoms with Gasteiger partial charge in [0, 0.05) is 31.0 Å². The Bertz CT molecular complexity index is 1110. The molecule has 1 atom stereocenters. The maximum atomic E-state index is 13.2. The minimum atomic E-state index is -3.53. The smallest absolute Gasteiger partial charge is 0.243 e. The summed E-state index contributed by atoms with van der Waals surface area (Å²) in [5.74, 6) is 0.674. The zero-order chi connectivity index (χ0) is 22.1. The van der Waals surface area contributed by atoms with Gasteiger partial charge >= 0.3 is 0 Å². The first kappa shape index (κ1) is 21.5. The maximum Gasteiger partial charge on any atom is 0.243 e. The van der Waals surface area contributed by atoms with Crippen LogP contribution in [0, 0.1) is 5.92 Å². The standard InChI is InChI=1S/C25H30N2O4S/c28-25(26-23-13-16-31-24-8-4-3-7-22(23)24)19-11-14-27(15-12-19)32(29,30)21-10-9-18-5-1-2-6-20(18)17-21/h3-4,7-10,17,19,23H,1-2,5-6,11-16H2,(H,26,28). The molecule has 1 N–H and O–H groups in total. The first-order valence-electron chi connectivity index (χ1n) is 11.7. The Morgan fingerprint density at radius 1 is 0.969 bits per heavy atom. The van der Waals surface area contributed by atoms with Crippen molar-refractivity contribution in [2.75, 3.05) is 19.7 Å². The lowest BCUT2D eigenvalue weighted by Gasteiger charge is -2.33. The van der Waals surface area contributed by atoms with Gasteiger partial charge in [-0.05, 0) is 67.9 Å². The minimum Gasteiger partial charge on any atom is -0.493 e. The van der Waals surface area contributed by atoms with Crippen LogP contribution in [0.4, 0.5) is 0 Å². The van der Waals surface area contributed by atoms with E-state index < -0.39 is 10.0 Å². The Hall–Kier alpha value is -2.38. The molecule has 2 aromatic rings. The van der Waals surface area contributed by atoms with Crippen LogP contribution in [0.1, 0.15) is 54.8 Å². The van der Waals surface area contributed by atoms with Crippen LogP contribution < -0.4 is 10.1 Å². The second kappa shape index (κ2) is 8.87. The predicted octanol–water partition coefficient (Wildman–Crippen LogP) is 3.61. The van der Waals surface area contributed by atoms with Crippen molar-refractivity contribution < 1.29 is 17.9 Å². The summed E-state index contributed by atoms with van der Waals surface area (Å²) in [7, 11) is -3.53. The molecule has 6 nitrogen and oxygen atoms in total. The topological polar surface area (TPSA) is 75.7 Å². The molecule has 0 aromatic heterocycles. The maximum absolute atomic E-state index is 13.2. The second-order valence-corrected chi connectivity index (χ2v) is 11.0. The van der Waals surface area contributed by atoms with Gasteiger partial charge < -0.3 is 10.1 Å². The Morgan fingerprint density at radius 3 is 2.53 bits per heavy atom. The van der Waals surface area contributed by atoms with E-state index in [4.69, 9.17) is 4.74 Å². The first-order valence-corrected chi connectivity index (χ1v) is 13.1. The van der Waals surface area contributed by atoms with Gasteiger partial charge in [-0.1, -0.05) is 24.3 Å². The van der Waals surface area contributed by atoms with Gasteiger partial charge in [0.05, 0.1) is 17.5 Å². The number of hydrogen-bond acceptors (Lipinski definition) is 4. The molecule has 5 rings (SSSR count). The number of sulfonamides is 1. The Morgan fingerprint density at radius 2 is 1.72 bits per heavy atom. The van der Waals surface area contributed by atoms with E-state index in [9.17, 15) is 13.2 Å². The lowest BCUT2D eigenvalue weighted by atomic mass is 9.92. The number of para-hydroxylation sites is 1. The molecule has 2 aromatic carbocycles. The van der Waals surface area contributed by atoms with Crippen molar-refractivity contribution in [1.29, 1.82) is 0 Å². The molecule has 32 heavy (non-hydrogen) atoms. The van der Waals surface area contributed by atoms with E-state index in [0.717, 1.165) is 37.0 Å². The van der Waals surface area contributed by atoms with E-state index in [2.05, 4.69) is 5.32 Å². The van der Waals surface area contributed by atoms with Crippen LogP contribution >= 0.6 is 0 Å². The molecule has 1 aliphatic carbocycles. The number of ether oxygens (including phenoxy) is 1. The average Bonchev–Trinajstić information content (AvgIpc) is 2.84. The lowest BCUT2D eigenvalue weighted by Crippen LogP contribution is -2.44. The number of carbonyl (C=O) groups excluding carboxylic acids is 1. The predicted molar refractivity (Wildman–Crippen MR) is 122 cm³/mol. The highest BCUT2D eigenvalue weighted by atomic mass is 32.2. The van der Waals surface area contributed by atoms with E-state index in [-0.39, 0.29) is 17.9 Å². The Labute approximate surface area is 190 Å². The van der Waals surface area contributed by atoms with E-state index in [0.29, 0.717) is 37.4 Å². The number of piperidine rings is 1. The van der Waals surface area contributed by atoms with Gasteiger partial charge in [-0.3, -0.25) is 4.79 Å². The molecular formula is C25H30N2O4S. The van der Waals surface area contributed by atoms with Crippen LogP contribution in [0.5, 0.6) is 5.75 Å². The fourth-order valence-electron chi connectivity index (χ4n) is 5.16. The number of nitrogens with one attached hydrogen (secondary N) is 1. The Kier molecular flexibility index (Phi) is 5.95. The summed E-state index contributed by atoms with van der Waals surface area (Å²) in [5, 5.41) is 3.18.